The van der Waals surface area contributed by atoms with Crippen LogP contribution in [0.15, 0.2) is 48.5 Å². The number of halogens is 10. The van der Waals surface area contributed by atoms with Gasteiger partial charge in [0, 0.05) is 22.7 Å². The van der Waals surface area contributed by atoms with E-state index >= 15 is 0 Å². The molecule has 0 aliphatic rings. The molecule has 35 heavy (non-hydrogen) atoms. The first-order valence-electron chi connectivity index (χ1n) is 10.4. The van der Waals surface area contributed by atoms with Gasteiger partial charge in [-0.2, -0.15) is 39.5 Å². The fourth-order valence-corrected chi connectivity index (χ4v) is 7.46. The normalized spacial score (nSPS) is 14.7. The summed E-state index contributed by atoms with van der Waals surface area (Å²) in [5.41, 5.74) is -0.392. The Morgan fingerprint density at radius 2 is 1.14 bits per heavy atom. The Labute approximate surface area is 211 Å². The summed E-state index contributed by atoms with van der Waals surface area (Å²) < 4.78 is 137. The molecule has 196 valence electrons. The van der Waals surface area contributed by atoms with Crippen molar-refractivity contribution in [3.63, 3.8) is 0 Å². The van der Waals surface area contributed by atoms with Crippen LogP contribution < -0.4 is 10.6 Å². The molecular weight excluding hydrogens is 621 g/mol. The SMILES string of the molecule is Cc1ccc(P(=O)(c2ccc(C)cc2)C(CCCI)CC(F)(F)C(F)(F)C(F)(F)C(F)(F)F)cc1. The van der Waals surface area contributed by atoms with Gasteiger partial charge in [0.2, 0.25) is 0 Å². The molecule has 0 saturated carbocycles. The zero-order chi connectivity index (χ0) is 26.9. The molecule has 0 aliphatic carbocycles. The van der Waals surface area contributed by atoms with Crippen molar-refractivity contribution < 1.29 is 44.1 Å². The lowest BCUT2D eigenvalue weighted by Gasteiger charge is -2.37. The summed E-state index contributed by atoms with van der Waals surface area (Å²) in [6.45, 7) is 3.39. The van der Waals surface area contributed by atoms with Crippen molar-refractivity contribution in [3.05, 3.63) is 59.7 Å². The summed E-state index contributed by atoms with van der Waals surface area (Å²) in [4.78, 5) is 0. The zero-order valence-electron chi connectivity index (χ0n) is 18.7. The Balaban J connectivity index is 2.70. The molecule has 0 radical (unpaired) electrons. The summed E-state index contributed by atoms with van der Waals surface area (Å²) >= 11 is 1.87. The average molecular weight is 644 g/mol. The maximum atomic E-state index is 14.7. The third-order valence-electron chi connectivity index (χ3n) is 5.72. The fraction of sp³-hybridized carbons (Fsp3) is 0.478. The second-order valence-electron chi connectivity index (χ2n) is 8.37. The van der Waals surface area contributed by atoms with Gasteiger partial charge < -0.3 is 4.57 Å². The van der Waals surface area contributed by atoms with Gasteiger partial charge in [0.25, 0.3) is 0 Å². The van der Waals surface area contributed by atoms with E-state index in [1.54, 1.807) is 13.8 Å². The van der Waals surface area contributed by atoms with Crippen LogP contribution in [-0.4, -0.2) is 34.0 Å². The van der Waals surface area contributed by atoms with Crippen molar-refractivity contribution in [3.8, 4) is 0 Å². The van der Waals surface area contributed by atoms with Gasteiger partial charge in [0.15, 0.2) is 0 Å². The van der Waals surface area contributed by atoms with E-state index in [1.807, 2.05) is 22.6 Å². The van der Waals surface area contributed by atoms with Crippen LogP contribution in [0.5, 0.6) is 0 Å². The fourth-order valence-electron chi connectivity index (χ4n) is 3.66. The topological polar surface area (TPSA) is 17.1 Å². The lowest BCUT2D eigenvalue weighted by molar-refractivity contribution is -0.396. The van der Waals surface area contributed by atoms with Gasteiger partial charge in [-0.05, 0) is 31.1 Å². The summed E-state index contributed by atoms with van der Waals surface area (Å²) in [6, 6.07) is 11.6. The minimum Gasteiger partial charge on any atom is -0.313 e. The monoisotopic (exact) mass is 644 g/mol. The molecule has 2 rings (SSSR count). The summed E-state index contributed by atoms with van der Waals surface area (Å²) in [5.74, 6) is -19.6. The average Bonchev–Trinajstić information content (AvgIpc) is 2.76. The predicted octanol–water partition coefficient (Wildman–Crippen LogP) is 8.06. The van der Waals surface area contributed by atoms with E-state index in [0.29, 0.717) is 4.43 Å². The standard InChI is InChI=1S/C23H23F9IOP/c1-15-5-9-17(10-6-15)35(34,18-11-7-16(2)8-12-18)19(4-3-13-33)14-20(24,25)21(26,27)22(28,29)23(30,31)32/h5-12,19H,3-4,13-14H2,1-2H3. The van der Waals surface area contributed by atoms with Gasteiger partial charge >= 0.3 is 23.9 Å². The number of alkyl halides is 10. The third-order valence-corrected chi connectivity index (χ3v) is 10.1. The molecule has 0 bridgehead atoms. The van der Waals surface area contributed by atoms with Gasteiger partial charge in [0.05, 0.1) is 0 Å². The molecule has 1 atom stereocenters. The Hall–Kier alpha value is -1.23. The molecule has 0 amide bonds. The van der Waals surface area contributed by atoms with Crippen molar-refractivity contribution in [2.45, 2.75) is 62.7 Å². The number of hydrogen-bond acceptors (Lipinski definition) is 1. The Morgan fingerprint density at radius 1 is 0.743 bits per heavy atom. The van der Waals surface area contributed by atoms with Crippen LogP contribution in [0.3, 0.4) is 0 Å². The molecule has 1 unspecified atom stereocenters. The van der Waals surface area contributed by atoms with Crippen molar-refractivity contribution >= 4 is 40.3 Å². The van der Waals surface area contributed by atoms with Crippen LogP contribution >= 0.6 is 29.7 Å². The molecule has 2 aromatic rings. The largest absolute Gasteiger partial charge is 0.460 e. The first-order chi connectivity index (χ1) is 15.9. The van der Waals surface area contributed by atoms with Crippen molar-refractivity contribution in [1.82, 2.24) is 0 Å². The molecule has 1 nitrogen and oxygen atoms in total. The maximum Gasteiger partial charge on any atom is 0.460 e. The molecule has 0 saturated heterocycles. The first-order valence-corrected chi connectivity index (χ1v) is 13.7. The van der Waals surface area contributed by atoms with Crippen LogP contribution in [0.4, 0.5) is 39.5 Å². The first kappa shape index (κ1) is 30.0. The highest BCUT2D eigenvalue weighted by atomic mass is 127. The van der Waals surface area contributed by atoms with Crippen LogP contribution in [-0.2, 0) is 4.57 Å². The van der Waals surface area contributed by atoms with Crippen molar-refractivity contribution in [2.75, 3.05) is 4.43 Å². The van der Waals surface area contributed by atoms with Crippen molar-refractivity contribution in [2.24, 2.45) is 0 Å². The molecule has 12 heteroatoms. The van der Waals surface area contributed by atoms with E-state index in [-0.39, 0.29) is 23.5 Å². The van der Waals surface area contributed by atoms with Gasteiger partial charge in [-0.1, -0.05) is 82.2 Å². The Morgan fingerprint density at radius 3 is 1.49 bits per heavy atom. The minimum absolute atomic E-state index is 0.0205. The van der Waals surface area contributed by atoms with E-state index < -0.39 is 43.2 Å². The second kappa shape index (κ2) is 10.6. The summed E-state index contributed by atoms with van der Waals surface area (Å²) in [5, 5.41) is 0.0409. The molecule has 0 N–H and O–H groups in total. The molecule has 2 aromatic carbocycles. The lowest BCUT2D eigenvalue weighted by atomic mass is 9.98. The van der Waals surface area contributed by atoms with E-state index in [2.05, 4.69) is 0 Å². The molecule has 0 fully saturated rings. The number of aryl methyl sites for hydroxylation is 2. The van der Waals surface area contributed by atoms with Crippen LogP contribution in [0.1, 0.15) is 30.4 Å². The predicted molar refractivity (Wildman–Crippen MR) is 127 cm³/mol. The number of rotatable bonds is 10. The van der Waals surface area contributed by atoms with Gasteiger partial charge in [-0.25, -0.2) is 0 Å². The highest BCUT2D eigenvalue weighted by Crippen LogP contribution is 2.59. The highest BCUT2D eigenvalue weighted by molar-refractivity contribution is 14.1. The van der Waals surface area contributed by atoms with E-state index in [4.69, 9.17) is 0 Å². The molecule has 0 heterocycles. The highest BCUT2D eigenvalue weighted by Gasteiger charge is 2.81. The van der Waals surface area contributed by atoms with E-state index in [1.165, 1.54) is 48.5 Å². The van der Waals surface area contributed by atoms with E-state index in [0.717, 1.165) is 11.1 Å². The third kappa shape index (κ3) is 5.86. The quantitative estimate of drug-likeness (QED) is 0.111. The smallest absolute Gasteiger partial charge is 0.313 e. The van der Waals surface area contributed by atoms with Crippen molar-refractivity contribution in [1.29, 1.82) is 0 Å². The van der Waals surface area contributed by atoms with Crippen LogP contribution in [0, 0.1) is 13.8 Å². The van der Waals surface area contributed by atoms with Gasteiger partial charge in [-0.3, -0.25) is 0 Å². The second-order valence-corrected chi connectivity index (χ2v) is 12.5. The van der Waals surface area contributed by atoms with E-state index in [9.17, 15) is 44.1 Å². The Kier molecular flexibility index (Phi) is 9.11. The summed E-state index contributed by atoms with van der Waals surface area (Å²) in [7, 11) is -4.21. The minimum atomic E-state index is -6.99. The zero-order valence-corrected chi connectivity index (χ0v) is 21.7. The number of hydrogen-bond donors (Lipinski definition) is 0. The van der Waals surface area contributed by atoms with Gasteiger partial charge in [-0.15, -0.1) is 0 Å². The summed E-state index contributed by atoms with van der Waals surface area (Å²) in [6.07, 6.45) is -9.29. The lowest BCUT2D eigenvalue weighted by Crippen LogP contribution is -2.61. The van der Waals surface area contributed by atoms with Crippen LogP contribution in [0.2, 0.25) is 0 Å². The Bertz CT molecular complexity index is 985. The molecule has 0 aliphatic heterocycles. The van der Waals surface area contributed by atoms with Gasteiger partial charge in [0.1, 0.15) is 7.14 Å². The molecule has 0 spiro atoms. The number of benzene rings is 2. The molecule has 0 aromatic heterocycles. The molecular formula is C23H23F9IOP. The maximum absolute atomic E-state index is 14.7. The van der Waals surface area contributed by atoms with Crippen LogP contribution in [0.25, 0.3) is 0 Å².